The number of nitrogens with one attached hydrogen (secondary N) is 5. The van der Waals surface area contributed by atoms with Gasteiger partial charge in [-0.05, 0) is 32.2 Å². The van der Waals surface area contributed by atoms with Crippen LogP contribution in [0, 0.1) is 0 Å². The van der Waals surface area contributed by atoms with Gasteiger partial charge >= 0.3 is 0 Å². The van der Waals surface area contributed by atoms with Crippen LogP contribution in [-0.2, 0) is 156 Å². The second-order valence-electron chi connectivity index (χ2n) is 32.1. The highest BCUT2D eigenvalue weighted by Crippen LogP contribution is 2.43. The molecule has 0 radical (unpaired) electrons. The number of nitrogens with zero attached hydrogens (tertiary/aromatic N) is 14. The monoisotopic (exact) mass is 1910 g/mol. The average Bonchev–Trinajstić information content (AvgIpc) is 1.09. The summed E-state index contributed by atoms with van der Waals surface area (Å²) in [6.07, 6.45) is -13.2. The summed E-state index contributed by atoms with van der Waals surface area (Å²) in [4.78, 5) is 79.9. The Kier molecular flexibility index (Phi) is 46.5. The fourth-order valence-electron chi connectivity index (χ4n) is 15.1. The topological polar surface area (TPSA) is 705 Å². The van der Waals surface area contributed by atoms with Crippen LogP contribution in [0.1, 0.15) is 102 Å². The van der Waals surface area contributed by atoms with Gasteiger partial charge in [-0.2, -0.15) is 0 Å². The van der Waals surface area contributed by atoms with Crippen molar-refractivity contribution in [3.63, 3.8) is 0 Å². The smallest absolute Gasteiger partial charge is 0.268 e. The lowest BCUT2D eigenvalue weighted by Crippen LogP contribution is -2.64. The first-order chi connectivity index (χ1) is 63.5. The quantitative estimate of drug-likeness (QED) is 0.0144. The maximum absolute atomic E-state index is 15.2. The molecular weight excluding hydrogens is 1780 g/mol. The number of amides is 5. The standard InChI is InChI=1S/C77H132N19O35P/c1-46(101)79-60-68(109)64(105)56(42-97)127-74(60)122-30-26-117-22-16-93-38-50(83-87-93)34-91(35-51-39-94(88-84-51)17-23-118-27-31-123-75-61(80-47(2)102)69(110)65(106)57(43-98)128-75)15-10-8-12-54(72(113)78-14-9-6-7-11-20-126-132(114,115)131-55-13-21-121-73(55)116-5)92(36-52-40-95(89-85-52)18-24-119-28-32-124-76-62(81-48(3)103)70(111)66(107)58(44-99)129-76)37-53-41-96(90-86-53)19-25-120-29-33-125-77-63(82-49(4)104)71(112)67(108)59(45-100)130-77/h38-41,54-71,73-77,97-100,105-112H,6-37,42-45H2,1-5H3,(H,78,113)(H,79,101)(H,80,102)(H,81,103)(H,82,104)(H,114,115)/p-1/t54-,55?,56+,57+,58+,59+,60+,61+,62+,63+,64-,65-,66-,67-,68+,69+,70+,71+,73-,74+,75+,76+,77+/m0/s1. The molecule has 9 heterocycles. The molecule has 4 aromatic rings. The Labute approximate surface area is 760 Å². The lowest BCUT2D eigenvalue weighted by Gasteiger charge is -2.42. The van der Waals surface area contributed by atoms with Crippen LogP contribution < -0.4 is 31.5 Å². The van der Waals surface area contributed by atoms with Crippen molar-refractivity contribution in [2.45, 2.75) is 272 Å². The fraction of sp³-hybridized carbons (Fsp3) is 0.831. The predicted octanol–water partition coefficient (Wildman–Crippen LogP) is -9.86. The Morgan fingerprint density at radius 2 is 0.795 bits per heavy atom. The second kappa shape index (κ2) is 56.6. The van der Waals surface area contributed by atoms with Gasteiger partial charge in [0.15, 0.2) is 31.5 Å². The average molecular weight is 1910 g/mol. The van der Waals surface area contributed by atoms with E-state index in [-0.39, 0.29) is 164 Å². The summed E-state index contributed by atoms with van der Waals surface area (Å²) < 4.78 is 109. The lowest BCUT2D eigenvalue weighted by molar-refractivity contribution is -0.272. The first kappa shape index (κ1) is 109. The maximum atomic E-state index is 15.2. The molecule has 0 aromatic carbocycles. The third-order valence-electron chi connectivity index (χ3n) is 21.8. The Bertz CT molecular complexity index is 3860. The summed E-state index contributed by atoms with van der Waals surface area (Å²) in [7, 11) is -3.33. The van der Waals surface area contributed by atoms with Crippen LogP contribution >= 0.6 is 7.82 Å². The van der Waals surface area contributed by atoms with Crippen LogP contribution in [0.4, 0.5) is 0 Å². The van der Waals surface area contributed by atoms with Crippen molar-refractivity contribution in [1.29, 1.82) is 0 Å². The van der Waals surface area contributed by atoms with E-state index in [4.69, 9.17) is 75.4 Å². The lowest BCUT2D eigenvalue weighted by atomic mass is 9.97. The Balaban J connectivity index is 0.893. The minimum Gasteiger partial charge on any atom is -0.756 e. The molecule has 750 valence electrons. The largest absolute Gasteiger partial charge is 0.756 e. The molecule has 17 N–H and O–H groups in total. The van der Waals surface area contributed by atoms with Crippen LogP contribution in [-0.4, -0.2) is 441 Å². The van der Waals surface area contributed by atoms with Gasteiger partial charge in [0.25, 0.3) is 7.82 Å². The molecule has 2 unspecified atom stereocenters. The van der Waals surface area contributed by atoms with Crippen molar-refractivity contribution in [3.8, 4) is 0 Å². The molecule has 5 aliphatic heterocycles. The molecule has 5 saturated heterocycles. The molecule has 0 spiro atoms. The summed E-state index contributed by atoms with van der Waals surface area (Å²) >= 11 is 0. The van der Waals surface area contributed by atoms with Crippen molar-refractivity contribution >= 4 is 37.4 Å². The molecule has 4 aromatic heterocycles. The number of unbranched alkanes of at least 4 members (excludes halogenated alkanes) is 4. The molecule has 24 atom stereocenters. The van der Waals surface area contributed by atoms with E-state index < -0.39 is 199 Å². The number of phosphoric ester groups is 1. The third kappa shape index (κ3) is 34.9. The van der Waals surface area contributed by atoms with Crippen molar-refractivity contribution in [1.82, 2.24) is 96.4 Å². The zero-order valence-electron chi connectivity index (χ0n) is 74.5. The summed E-state index contributed by atoms with van der Waals surface area (Å²) in [6, 6.07) is -5.52. The zero-order chi connectivity index (χ0) is 95.2. The molecular formula is C77H131N19O35P-. The SMILES string of the molecule is CO[C@H]1OCCC1OP(=O)([O-])OCCCCCCNC(=O)[C@H](CCCCN(Cc1cn(CCOCCO[C@@H]2O[C@H](CO)[C@H](O)[C@H](O)[C@H]2NC(C)=O)nn1)Cc1cn(CCOCCO[C@@H]2O[C@H](CO)[C@H](O)[C@H](O)[C@H]2NC(C)=O)nn1)N(Cc1cn(CCOCCO[C@@H]2O[C@H](CO)[C@H](O)[C@H](O)[C@H]2NC(C)=O)nn1)Cc1cn(CCOCCO[C@@H]2O[C@H](CO)[C@H](O)[C@H](O)[C@H]2NC(C)=O)nn1. The number of ether oxygens (including phenoxy) is 14. The zero-order valence-corrected chi connectivity index (χ0v) is 75.4. The number of hydrogen-bond donors (Lipinski definition) is 17. The number of aliphatic hydroxyl groups excluding tert-OH is 12. The van der Waals surface area contributed by atoms with Gasteiger partial charge in [0.2, 0.25) is 29.5 Å². The van der Waals surface area contributed by atoms with Crippen molar-refractivity contribution < 1.29 is 170 Å². The number of methoxy groups -OCH3 is 1. The molecule has 9 rings (SSSR count). The molecule has 0 saturated carbocycles. The Morgan fingerprint density at radius 1 is 0.455 bits per heavy atom. The van der Waals surface area contributed by atoms with E-state index in [1.165, 1.54) is 34.8 Å². The number of aliphatic hydroxyl groups is 12. The molecule has 5 amide bonds. The van der Waals surface area contributed by atoms with Crippen molar-refractivity contribution in [2.75, 3.05) is 139 Å². The highest BCUT2D eigenvalue weighted by atomic mass is 31.2. The van der Waals surface area contributed by atoms with Gasteiger partial charge in [-0.3, -0.25) is 38.3 Å². The number of carbonyl (C=O) groups is 5. The molecule has 132 heavy (non-hydrogen) atoms. The number of carbonyl (C=O) groups excluding carboxylic acids is 5. The number of phosphoric acid groups is 1. The van der Waals surface area contributed by atoms with Crippen LogP contribution in [0.25, 0.3) is 0 Å². The Morgan fingerprint density at radius 3 is 1.13 bits per heavy atom. The highest BCUT2D eigenvalue weighted by Gasteiger charge is 2.50. The number of rotatable bonds is 62. The maximum Gasteiger partial charge on any atom is 0.268 e. The minimum atomic E-state index is -4.71. The summed E-state index contributed by atoms with van der Waals surface area (Å²) in [5.74, 6) is -2.42. The number of aromatic nitrogens is 12. The second-order valence-corrected chi connectivity index (χ2v) is 33.4. The van der Waals surface area contributed by atoms with E-state index in [1.807, 2.05) is 4.90 Å². The molecule has 5 fully saturated rings. The predicted molar refractivity (Wildman–Crippen MR) is 441 cm³/mol. The van der Waals surface area contributed by atoms with E-state index in [0.717, 1.165) is 0 Å². The van der Waals surface area contributed by atoms with E-state index in [0.29, 0.717) is 74.3 Å². The van der Waals surface area contributed by atoms with E-state index in [2.05, 4.69) is 72.7 Å². The molecule has 55 heteroatoms. The van der Waals surface area contributed by atoms with Gasteiger partial charge in [-0.1, -0.05) is 40.1 Å². The van der Waals surface area contributed by atoms with Gasteiger partial charge in [-0.25, -0.2) is 18.7 Å². The van der Waals surface area contributed by atoms with Gasteiger partial charge in [0, 0.05) is 98.7 Å². The minimum absolute atomic E-state index is 0.00269. The van der Waals surface area contributed by atoms with E-state index in [1.54, 1.807) is 43.5 Å². The van der Waals surface area contributed by atoms with Gasteiger partial charge in [0.05, 0.1) is 174 Å². The van der Waals surface area contributed by atoms with Crippen LogP contribution in [0.3, 0.4) is 0 Å². The fourth-order valence-corrected chi connectivity index (χ4v) is 16.1. The molecule has 0 aliphatic carbocycles. The van der Waals surface area contributed by atoms with Gasteiger partial charge in [-0.15, -0.1) is 20.4 Å². The van der Waals surface area contributed by atoms with Crippen LogP contribution in [0.15, 0.2) is 24.8 Å². The number of hydrogen-bond acceptors (Lipinski definition) is 45. The van der Waals surface area contributed by atoms with Crippen LogP contribution in [0.2, 0.25) is 0 Å². The van der Waals surface area contributed by atoms with Crippen molar-refractivity contribution in [2.24, 2.45) is 0 Å². The van der Waals surface area contributed by atoms with Gasteiger partial charge in [0.1, 0.15) is 104 Å². The first-order valence-corrected chi connectivity index (χ1v) is 45.4. The highest BCUT2D eigenvalue weighted by molar-refractivity contribution is 7.45. The summed E-state index contributed by atoms with van der Waals surface area (Å²) in [6.45, 7) is 4.62. The molecule has 5 aliphatic rings. The van der Waals surface area contributed by atoms with Crippen molar-refractivity contribution in [3.05, 3.63) is 47.6 Å². The van der Waals surface area contributed by atoms with Crippen LogP contribution in [0.5, 0.6) is 0 Å². The summed E-state index contributed by atoms with van der Waals surface area (Å²) in [5.41, 5.74) is 1.98. The van der Waals surface area contributed by atoms with E-state index >= 15 is 4.79 Å². The van der Waals surface area contributed by atoms with Gasteiger partial charge < -0.3 is 168 Å². The summed E-state index contributed by atoms with van der Waals surface area (Å²) in [5, 5.41) is 173. The first-order valence-electron chi connectivity index (χ1n) is 43.9. The molecule has 54 nitrogen and oxygen atoms in total. The normalized spacial score (nSPS) is 28.2. The third-order valence-corrected chi connectivity index (χ3v) is 22.8. The Hall–Kier alpha value is -7.10. The van der Waals surface area contributed by atoms with E-state index in [9.17, 15) is 89.9 Å². The molecule has 0 bridgehead atoms.